The van der Waals surface area contributed by atoms with Gasteiger partial charge in [-0.15, -0.1) is 11.8 Å². The molecule has 3 rings (SSSR count). The summed E-state index contributed by atoms with van der Waals surface area (Å²) in [4.78, 5) is 5.73. The maximum atomic E-state index is 13.4. The first-order chi connectivity index (χ1) is 11.1. The van der Waals surface area contributed by atoms with Gasteiger partial charge in [0, 0.05) is 17.5 Å². The van der Waals surface area contributed by atoms with Crippen LogP contribution in [0.25, 0.3) is 11.0 Å². The van der Waals surface area contributed by atoms with E-state index in [9.17, 15) is 8.78 Å². The topological polar surface area (TPSA) is 17.8 Å². The summed E-state index contributed by atoms with van der Waals surface area (Å²) in [5, 5.41) is 0. The molecule has 0 saturated heterocycles. The number of fused-ring (bicyclic) bond motifs is 1. The molecule has 0 bridgehead atoms. The predicted molar refractivity (Wildman–Crippen MR) is 90.9 cm³/mol. The lowest BCUT2D eigenvalue weighted by atomic mass is 10.2. The van der Waals surface area contributed by atoms with E-state index in [1.807, 2.05) is 17.6 Å². The SMILES string of the molecule is CCCSc1ccc2nc(C)n(Cc3cc(F)cc(F)c3)c2c1. The lowest BCUT2D eigenvalue weighted by Gasteiger charge is -2.08. The molecule has 0 radical (unpaired) electrons. The standard InChI is InChI=1S/C18H18F2N2S/c1-3-6-23-16-4-5-17-18(10-16)22(12(2)21-17)11-13-7-14(19)9-15(20)8-13/h4-5,7-10H,3,6,11H2,1-2H3. The molecule has 0 aliphatic carbocycles. The van der Waals surface area contributed by atoms with Crippen LogP contribution >= 0.6 is 11.8 Å². The lowest BCUT2D eigenvalue weighted by molar-refractivity contribution is 0.577. The first-order valence-corrected chi connectivity index (χ1v) is 8.60. The van der Waals surface area contributed by atoms with Crippen LogP contribution in [-0.2, 0) is 6.54 Å². The van der Waals surface area contributed by atoms with Crippen LogP contribution in [0.2, 0.25) is 0 Å². The van der Waals surface area contributed by atoms with Gasteiger partial charge in [0.2, 0.25) is 0 Å². The average Bonchev–Trinajstić information content (AvgIpc) is 2.80. The van der Waals surface area contributed by atoms with Crippen molar-refractivity contribution < 1.29 is 8.78 Å². The number of halogens is 2. The van der Waals surface area contributed by atoms with Gasteiger partial charge in [0.05, 0.1) is 11.0 Å². The molecule has 120 valence electrons. The Bertz CT molecular complexity index is 822. The molecule has 5 heteroatoms. The minimum atomic E-state index is -0.554. The smallest absolute Gasteiger partial charge is 0.126 e. The number of hydrogen-bond donors (Lipinski definition) is 0. The molecule has 0 fully saturated rings. The highest BCUT2D eigenvalue weighted by atomic mass is 32.2. The molecule has 23 heavy (non-hydrogen) atoms. The van der Waals surface area contributed by atoms with Gasteiger partial charge in [-0.1, -0.05) is 6.92 Å². The second-order valence-corrected chi connectivity index (χ2v) is 6.69. The lowest BCUT2D eigenvalue weighted by Crippen LogP contribution is -2.03. The van der Waals surface area contributed by atoms with E-state index in [1.54, 1.807) is 11.8 Å². The van der Waals surface area contributed by atoms with Gasteiger partial charge in [0.1, 0.15) is 17.5 Å². The van der Waals surface area contributed by atoms with Crippen molar-refractivity contribution in [3.05, 3.63) is 59.4 Å². The van der Waals surface area contributed by atoms with Crippen molar-refractivity contribution >= 4 is 22.8 Å². The fraction of sp³-hybridized carbons (Fsp3) is 0.278. The zero-order valence-corrected chi connectivity index (χ0v) is 14.0. The third-order valence-corrected chi connectivity index (χ3v) is 4.85. The van der Waals surface area contributed by atoms with Crippen LogP contribution in [-0.4, -0.2) is 15.3 Å². The Kier molecular flexibility index (Phi) is 4.66. The normalized spacial score (nSPS) is 11.3. The van der Waals surface area contributed by atoms with Crippen molar-refractivity contribution in [2.75, 3.05) is 5.75 Å². The van der Waals surface area contributed by atoms with Crippen LogP contribution in [0.15, 0.2) is 41.3 Å². The Labute approximate surface area is 138 Å². The Morgan fingerprint density at radius 2 is 1.83 bits per heavy atom. The van der Waals surface area contributed by atoms with Gasteiger partial charge in [-0.2, -0.15) is 0 Å². The van der Waals surface area contributed by atoms with E-state index in [0.717, 1.165) is 35.1 Å². The van der Waals surface area contributed by atoms with Crippen LogP contribution in [0.5, 0.6) is 0 Å². The molecule has 2 aromatic carbocycles. The first kappa shape index (κ1) is 16.0. The molecule has 0 aliphatic rings. The number of hydrogen-bond acceptors (Lipinski definition) is 2. The van der Waals surface area contributed by atoms with Crippen LogP contribution in [0.1, 0.15) is 24.7 Å². The summed E-state index contributed by atoms with van der Waals surface area (Å²) in [7, 11) is 0. The Hall–Kier alpha value is -1.88. The first-order valence-electron chi connectivity index (χ1n) is 7.61. The summed E-state index contributed by atoms with van der Waals surface area (Å²) in [6.45, 7) is 4.46. The number of rotatable bonds is 5. The van der Waals surface area contributed by atoms with E-state index >= 15 is 0 Å². The van der Waals surface area contributed by atoms with Crippen molar-refractivity contribution in [3.8, 4) is 0 Å². The summed E-state index contributed by atoms with van der Waals surface area (Å²) >= 11 is 1.80. The van der Waals surface area contributed by atoms with Gasteiger partial charge in [0.15, 0.2) is 0 Å². The molecule has 2 nitrogen and oxygen atoms in total. The minimum Gasteiger partial charge on any atom is -0.324 e. The minimum absolute atomic E-state index is 0.402. The van der Waals surface area contributed by atoms with Crippen LogP contribution in [0.4, 0.5) is 8.78 Å². The molecule has 3 aromatic rings. The van der Waals surface area contributed by atoms with Gasteiger partial charge in [0.25, 0.3) is 0 Å². The molecule has 1 heterocycles. The molecular formula is C18H18F2N2S. The second-order valence-electron chi connectivity index (χ2n) is 5.52. The highest BCUT2D eigenvalue weighted by Crippen LogP contribution is 2.25. The molecule has 0 aliphatic heterocycles. The maximum Gasteiger partial charge on any atom is 0.126 e. The van der Waals surface area contributed by atoms with E-state index in [0.29, 0.717) is 12.1 Å². The predicted octanol–water partition coefficient (Wildman–Crippen LogP) is 5.17. The summed E-state index contributed by atoms with van der Waals surface area (Å²) < 4.78 is 28.8. The number of imidazole rings is 1. The van der Waals surface area contributed by atoms with Crippen molar-refractivity contribution in [2.24, 2.45) is 0 Å². The molecule has 1 aromatic heterocycles. The van der Waals surface area contributed by atoms with Gasteiger partial charge < -0.3 is 4.57 Å². The molecule has 0 amide bonds. The summed E-state index contributed by atoms with van der Waals surface area (Å²) in [5.41, 5.74) is 2.49. The highest BCUT2D eigenvalue weighted by molar-refractivity contribution is 7.99. The average molecular weight is 332 g/mol. The van der Waals surface area contributed by atoms with Crippen molar-refractivity contribution in [2.45, 2.75) is 31.7 Å². The van der Waals surface area contributed by atoms with Gasteiger partial charge in [-0.05, 0) is 55.0 Å². The number of thioether (sulfide) groups is 1. The number of aryl methyl sites for hydroxylation is 1. The van der Waals surface area contributed by atoms with Crippen molar-refractivity contribution in [1.82, 2.24) is 9.55 Å². The summed E-state index contributed by atoms with van der Waals surface area (Å²) in [5.74, 6) is 0.790. The second kappa shape index (κ2) is 6.71. The monoisotopic (exact) mass is 332 g/mol. The third kappa shape index (κ3) is 3.55. The Morgan fingerprint density at radius 3 is 2.52 bits per heavy atom. The van der Waals surface area contributed by atoms with E-state index in [1.165, 1.54) is 17.0 Å². The quantitative estimate of drug-likeness (QED) is 0.600. The Balaban J connectivity index is 1.99. The van der Waals surface area contributed by atoms with Crippen LogP contribution in [0, 0.1) is 18.6 Å². The van der Waals surface area contributed by atoms with Crippen molar-refractivity contribution in [1.29, 1.82) is 0 Å². The highest BCUT2D eigenvalue weighted by Gasteiger charge is 2.10. The number of benzene rings is 2. The molecule has 0 N–H and O–H groups in total. The van der Waals surface area contributed by atoms with Crippen LogP contribution < -0.4 is 0 Å². The summed E-state index contributed by atoms with van der Waals surface area (Å²) in [6.07, 6.45) is 1.11. The zero-order chi connectivity index (χ0) is 16.4. The number of nitrogens with zero attached hydrogens (tertiary/aromatic N) is 2. The fourth-order valence-electron chi connectivity index (χ4n) is 2.62. The largest absolute Gasteiger partial charge is 0.324 e. The van der Waals surface area contributed by atoms with E-state index in [2.05, 4.69) is 24.0 Å². The van der Waals surface area contributed by atoms with Gasteiger partial charge >= 0.3 is 0 Å². The zero-order valence-electron chi connectivity index (χ0n) is 13.1. The molecule has 0 saturated carbocycles. The number of aromatic nitrogens is 2. The summed E-state index contributed by atoms with van der Waals surface area (Å²) in [6, 6.07) is 9.80. The van der Waals surface area contributed by atoms with E-state index in [-0.39, 0.29) is 0 Å². The van der Waals surface area contributed by atoms with Crippen LogP contribution in [0.3, 0.4) is 0 Å². The maximum absolute atomic E-state index is 13.4. The molecular weight excluding hydrogens is 314 g/mol. The molecule has 0 spiro atoms. The van der Waals surface area contributed by atoms with Crippen molar-refractivity contribution in [3.63, 3.8) is 0 Å². The van der Waals surface area contributed by atoms with E-state index < -0.39 is 11.6 Å². The fourth-order valence-corrected chi connectivity index (χ4v) is 3.42. The molecule has 0 unspecified atom stereocenters. The Morgan fingerprint density at radius 1 is 1.09 bits per heavy atom. The molecule has 0 atom stereocenters. The van der Waals surface area contributed by atoms with Gasteiger partial charge in [-0.25, -0.2) is 13.8 Å². The van der Waals surface area contributed by atoms with E-state index in [4.69, 9.17) is 0 Å². The third-order valence-electron chi connectivity index (χ3n) is 3.65. The van der Waals surface area contributed by atoms with Gasteiger partial charge in [-0.3, -0.25) is 0 Å².